The highest BCUT2D eigenvalue weighted by Crippen LogP contribution is 2.31. The summed E-state index contributed by atoms with van der Waals surface area (Å²) in [6, 6.07) is 16.8. The summed E-state index contributed by atoms with van der Waals surface area (Å²) in [5.41, 5.74) is 3.78. The smallest absolute Gasteiger partial charge is 0.234 e. The number of para-hydroxylation sites is 1. The summed E-state index contributed by atoms with van der Waals surface area (Å²) in [6.07, 6.45) is 3.25. The number of methoxy groups -OCH3 is 1. The van der Waals surface area contributed by atoms with Crippen LogP contribution in [0, 0.1) is 0 Å². The van der Waals surface area contributed by atoms with E-state index in [0.29, 0.717) is 6.54 Å². The van der Waals surface area contributed by atoms with Crippen LogP contribution in [0.2, 0.25) is 0 Å². The molecule has 1 fully saturated rings. The zero-order chi connectivity index (χ0) is 19.3. The molecule has 2 N–H and O–H groups in total. The zero-order valence-corrected chi connectivity index (χ0v) is 17.7. The number of hydrogen-bond acceptors (Lipinski definition) is 4. The Morgan fingerprint density at radius 3 is 2.76 bits per heavy atom. The standard InChI is InChI=1S/C23H29N3O2.ClH/c1-28-22-12-5-4-10-19(22)21-15-24-13-14-26(21)16-23(27)25-20-11-6-8-17-7-2-3-9-18(17)20;/h2-5,7,9-10,12,20-21,24H,6,8,11,13-16H2,1H3,(H,25,27);1H. The van der Waals surface area contributed by atoms with E-state index in [0.717, 1.165) is 50.2 Å². The minimum atomic E-state index is 0. The van der Waals surface area contributed by atoms with Crippen LogP contribution in [0.1, 0.15) is 41.6 Å². The Labute approximate surface area is 179 Å². The highest BCUT2D eigenvalue weighted by Gasteiger charge is 2.29. The molecule has 29 heavy (non-hydrogen) atoms. The molecule has 2 unspecified atom stereocenters. The van der Waals surface area contributed by atoms with Crippen LogP contribution in [0.25, 0.3) is 0 Å². The second-order valence-corrected chi connectivity index (χ2v) is 7.64. The number of aryl methyl sites for hydroxylation is 1. The molecule has 2 aromatic carbocycles. The number of benzene rings is 2. The Kier molecular flexibility index (Phi) is 7.53. The molecule has 1 saturated heterocycles. The molecule has 0 radical (unpaired) electrons. The molecule has 1 aliphatic heterocycles. The molecule has 5 nitrogen and oxygen atoms in total. The van der Waals surface area contributed by atoms with E-state index >= 15 is 0 Å². The van der Waals surface area contributed by atoms with Crippen molar-refractivity contribution in [3.63, 3.8) is 0 Å². The van der Waals surface area contributed by atoms with Crippen LogP contribution in [-0.4, -0.2) is 44.1 Å². The van der Waals surface area contributed by atoms with Gasteiger partial charge >= 0.3 is 0 Å². The van der Waals surface area contributed by atoms with E-state index in [2.05, 4.69) is 45.9 Å². The number of carbonyl (C=O) groups excluding carboxylic acids is 1. The normalized spacial score (nSPS) is 21.6. The van der Waals surface area contributed by atoms with E-state index in [1.165, 1.54) is 11.1 Å². The van der Waals surface area contributed by atoms with Crippen molar-refractivity contribution >= 4 is 18.3 Å². The van der Waals surface area contributed by atoms with Crippen LogP contribution in [0.5, 0.6) is 5.75 Å². The maximum atomic E-state index is 12.9. The molecular weight excluding hydrogens is 386 g/mol. The number of rotatable bonds is 5. The van der Waals surface area contributed by atoms with Gasteiger partial charge in [-0.2, -0.15) is 0 Å². The van der Waals surface area contributed by atoms with Gasteiger partial charge in [-0.15, -0.1) is 12.4 Å². The number of halogens is 1. The molecule has 2 aliphatic rings. The van der Waals surface area contributed by atoms with Gasteiger partial charge in [0.25, 0.3) is 0 Å². The third-order valence-electron chi connectivity index (χ3n) is 5.90. The summed E-state index contributed by atoms with van der Waals surface area (Å²) in [5, 5.41) is 6.74. The molecule has 0 saturated carbocycles. The van der Waals surface area contributed by atoms with Crippen molar-refractivity contribution in [3.05, 3.63) is 65.2 Å². The summed E-state index contributed by atoms with van der Waals surface area (Å²) in [6.45, 7) is 2.96. The Morgan fingerprint density at radius 1 is 1.17 bits per heavy atom. The van der Waals surface area contributed by atoms with Crippen molar-refractivity contribution in [2.24, 2.45) is 0 Å². The van der Waals surface area contributed by atoms with E-state index in [4.69, 9.17) is 4.74 Å². The molecule has 4 rings (SSSR count). The van der Waals surface area contributed by atoms with Crippen molar-refractivity contribution in [2.75, 3.05) is 33.3 Å². The lowest BCUT2D eigenvalue weighted by atomic mass is 9.88. The van der Waals surface area contributed by atoms with Gasteiger partial charge in [0, 0.05) is 25.2 Å². The van der Waals surface area contributed by atoms with E-state index in [1.807, 2.05) is 18.2 Å². The fraction of sp³-hybridized carbons (Fsp3) is 0.435. The van der Waals surface area contributed by atoms with Crippen LogP contribution < -0.4 is 15.4 Å². The lowest BCUT2D eigenvalue weighted by Gasteiger charge is -2.37. The fourth-order valence-electron chi connectivity index (χ4n) is 4.51. The number of carbonyl (C=O) groups is 1. The molecule has 0 aromatic heterocycles. The van der Waals surface area contributed by atoms with Crippen LogP contribution in [0.4, 0.5) is 0 Å². The first-order valence-electron chi connectivity index (χ1n) is 10.2. The first kappa shape index (κ1) is 21.6. The SMILES string of the molecule is COc1ccccc1C1CNCCN1CC(=O)NC1CCCc2ccccc21.Cl. The molecule has 0 bridgehead atoms. The zero-order valence-electron chi connectivity index (χ0n) is 16.9. The highest BCUT2D eigenvalue weighted by atomic mass is 35.5. The third-order valence-corrected chi connectivity index (χ3v) is 5.90. The number of ether oxygens (including phenoxy) is 1. The van der Waals surface area contributed by atoms with E-state index in [1.54, 1.807) is 7.11 Å². The van der Waals surface area contributed by atoms with Crippen molar-refractivity contribution in [2.45, 2.75) is 31.3 Å². The Morgan fingerprint density at radius 2 is 1.93 bits per heavy atom. The largest absolute Gasteiger partial charge is 0.496 e. The molecule has 1 heterocycles. The van der Waals surface area contributed by atoms with Gasteiger partial charge in [0.1, 0.15) is 5.75 Å². The average molecular weight is 416 g/mol. The van der Waals surface area contributed by atoms with Gasteiger partial charge < -0.3 is 15.4 Å². The van der Waals surface area contributed by atoms with Crippen molar-refractivity contribution in [3.8, 4) is 5.75 Å². The molecule has 1 amide bonds. The van der Waals surface area contributed by atoms with Gasteiger partial charge in [-0.05, 0) is 36.5 Å². The Hall–Kier alpha value is -2.08. The lowest BCUT2D eigenvalue weighted by Crippen LogP contribution is -2.50. The highest BCUT2D eigenvalue weighted by molar-refractivity contribution is 5.85. The quantitative estimate of drug-likeness (QED) is 0.787. The number of nitrogens with zero attached hydrogens (tertiary/aromatic N) is 1. The average Bonchev–Trinajstić information content (AvgIpc) is 2.74. The minimum absolute atomic E-state index is 0. The molecule has 1 aliphatic carbocycles. The molecule has 2 aromatic rings. The van der Waals surface area contributed by atoms with Crippen LogP contribution in [0.15, 0.2) is 48.5 Å². The van der Waals surface area contributed by atoms with Gasteiger partial charge in [-0.25, -0.2) is 0 Å². The summed E-state index contributed by atoms with van der Waals surface area (Å²) in [7, 11) is 1.70. The second-order valence-electron chi connectivity index (χ2n) is 7.64. The first-order valence-corrected chi connectivity index (χ1v) is 10.2. The molecule has 2 atom stereocenters. The predicted molar refractivity (Wildman–Crippen MR) is 118 cm³/mol. The number of piperazine rings is 1. The Balaban J connectivity index is 0.00000240. The Bertz CT molecular complexity index is 829. The van der Waals surface area contributed by atoms with E-state index in [-0.39, 0.29) is 30.4 Å². The lowest BCUT2D eigenvalue weighted by molar-refractivity contribution is -0.124. The topological polar surface area (TPSA) is 53.6 Å². The van der Waals surface area contributed by atoms with Gasteiger partial charge in [0.15, 0.2) is 0 Å². The molecule has 0 spiro atoms. The van der Waals surface area contributed by atoms with Gasteiger partial charge in [0.05, 0.1) is 25.7 Å². The summed E-state index contributed by atoms with van der Waals surface area (Å²) in [4.78, 5) is 15.2. The molecule has 156 valence electrons. The van der Waals surface area contributed by atoms with E-state index < -0.39 is 0 Å². The van der Waals surface area contributed by atoms with Crippen LogP contribution in [0.3, 0.4) is 0 Å². The predicted octanol–water partition coefficient (Wildman–Crippen LogP) is 3.26. The number of hydrogen-bond donors (Lipinski definition) is 2. The van der Waals surface area contributed by atoms with Crippen LogP contribution >= 0.6 is 12.4 Å². The third kappa shape index (κ3) is 4.92. The number of amides is 1. The second kappa shape index (κ2) is 10.1. The van der Waals surface area contributed by atoms with Gasteiger partial charge in [-0.3, -0.25) is 9.69 Å². The minimum Gasteiger partial charge on any atom is -0.496 e. The van der Waals surface area contributed by atoms with Gasteiger partial charge in [0.2, 0.25) is 5.91 Å². The summed E-state index contributed by atoms with van der Waals surface area (Å²) >= 11 is 0. The van der Waals surface area contributed by atoms with Crippen molar-refractivity contribution in [1.82, 2.24) is 15.5 Å². The fourth-order valence-corrected chi connectivity index (χ4v) is 4.51. The number of nitrogens with one attached hydrogen (secondary N) is 2. The summed E-state index contributed by atoms with van der Waals surface area (Å²) < 4.78 is 5.56. The van der Waals surface area contributed by atoms with Crippen molar-refractivity contribution in [1.29, 1.82) is 0 Å². The maximum Gasteiger partial charge on any atom is 0.234 e. The molecular formula is C23H30ClN3O2. The first-order chi connectivity index (χ1) is 13.8. The van der Waals surface area contributed by atoms with Crippen LogP contribution in [-0.2, 0) is 11.2 Å². The van der Waals surface area contributed by atoms with Gasteiger partial charge in [-0.1, -0.05) is 42.5 Å². The van der Waals surface area contributed by atoms with E-state index in [9.17, 15) is 4.79 Å². The maximum absolute atomic E-state index is 12.9. The molecule has 6 heteroatoms. The van der Waals surface area contributed by atoms with Crippen molar-refractivity contribution < 1.29 is 9.53 Å². The number of fused-ring (bicyclic) bond motifs is 1. The summed E-state index contributed by atoms with van der Waals surface area (Å²) in [5.74, 6) is 0.978. The monoisotopic (exact) mass is 415 g/mol.